The molecular formula is C19H29N3OS. The minimum atomic E-state index is 0.384. The van der Waals surface area contributed by atoms with Gasteiger partial charge in [0.2, 0.25) is 0 Å². The number of fused-ring (bicyclic) bond motifs is 2. The van der Waals surface area contributed by atoms with Crippen molar-refractivity contribution in [2.75, 3.05) is 18.8 Å². The lowest BCUT2D eigenvalue weighted by atomic mass is 9.96. The van der Waals surface area contributed by atoms with Crippen LogP contribution >= 0.6 is 11.8 Å². The molecule has 132 valence electrons. The third kappa shape index (κ3) is 4.90. The summed E-state index contributed by atoms with van der Waals surface area (Å²) in [6.45, 7) is 5.97. The number of benzene rings is 1. The fourth-order valence-corrected chi connectivity index (χ4v) is 4.17. The summed E-state index contributed by atoms with van der Waals surface area (Å²) in [6, 6.07) is 9.22. The van der Waals surface area contributed by atoms with Crippen molar-refractivity contribution in [1.29, 1.82) is 0 Å². The Morgan fingerprint density at radius 3 is 2.79 bits per heavy atom. The molecule has 0 radical (unpaired) electrons. The Bertz CT molecular complexity index is 546. The minimum Gasteiger partial charge on any atom is -0.373 e. The van der Waals surface area contributed by atoms with Crippen LogP contribution in [0, 0.1) is 6.92 Å². The first-order valence-corrected chi connectivity index (χ1v) is 10.2. The van der Waals surface area contributed by atoms with Gasteiger partial charge in [-0.2, -0.15) is 11.8 Å². The number of hydrogen-bond donors (Lipinski definition) is 2. The molecule has 2 fully saturated rings. The van der Waals surface area contributed by atoms with Gasteiger partial charge in [0.1, 0.15) is 0 Å². The molecule has 0 aromatic heterocycles. The second-order valence-corrected chi connectivity index (χ2v) is 7.76. The molecule has 2 saturated heterocycles. The number of rotatable bonds is 7. The quantitative estimate of drug-likeness (QED) is 0.452. The molecule has 1 aromatic carbocycles. The van der Waals surface area contributed by atoms with E-state index in [1.165, 1.54) is 24.0 Å². The molecule has 2 aliphatic heterocycles. The number of nitrogens with one attached hydrogen (secondary N) is 2. The molecule has 3 unspecified atom stereocenters. The lowest BCUT2D eigenvalue weighted by molar-refractivity contribution is 0.0992. The fourth-order valence-electron chi connectivity index (χ4n) is 3.38. The van der Waals surface area contributed by atoms with E-state index in [4.69, 9.17) is 9.73 Å². The van der Waals surface area contributed by atoms with Gasteiger partial charge in [-0.25, -0.2) is 0 Å². The van der Waals surface area contributed by atoms with E-state index in [9.17, 15) is 0 Å². The first kappa shape index (κ1) is 17.6. The van der Waals surface area contributed by atoms with Crippen molar-refractivity contribution in [3.8, 4) is 0 Å². The highest BCUT2D eigenvalue weighted by atomic mass is 32.2. The Labute approximate surface area is 149 Å². The van der Waals surface area contributed by atoms with Gasteiger partial charge in [-0.15, -0.1) is 0 Å². The summed E-state index contributed by atoms with van der Waals surface area (Å²) in [5.41, 5.74) is 2.71. The van der Waals surface area contributed by atoms with E-state index in [1.807, 2.05) is 11.8 Å². The smallest absolute Gasteiger partial charge is 0.191 e. The predicted molar refractivity (Wildman–Crippen MR) is 103 cm³/mol. The zero-order valence-electron chi connectivity index (χ0n) is 14.8. The van der Waals surface area contributed by atoms with Gasteiger partial charge in [-0.05, 0) is 38.7 Å². The average Bonchev–Trinajstić information content (AvgIpc) is 3.19. The van der Waals surface area contributed by atoms with Gasteiger partial charge in [0.15, 0.2) is 5.96 Å². The van der Waals surface area contributed by atoms with Crippen molar-refractivity contribution in [3.63, 3.8) is 0 Å². The standard InChI is InChI=1S/C19H29N3OS/c1-3-20-19(22-17-12-16-8-9-18(17)23-16)21-10-11-24-13-15-6-4-14(2)5-7-15/h4-7,16-18H,3,8-13H2,1-2H3,(H2,20,21,22). The zero-order valence-corrected chi connectivity index (χ0v) is 15.6. The highest BCUT2D eigenvalue weighted by Gasteiger charge is 2.41. The van der Waals surface area contributed by atoms with Crippen LogP contribution in [0.3, 0.4) is 0 Å². The molecule has 0 amide bonds. The van der Waals surface area contributed by atoms with Crippen LogP contribution in [0.5, 0.6) is 0 Å². The van der Waals surface area contributed by atoms with Crippen molar-refractivity contribution < 1.29 is 4.74 Å². The van der Waals surface area contributed by atoms with Crippen LogP contribution in [0.4, 0.5) is 0 Å². The summed E-state index contributed by atoms with van der Waals surface area (Å²) in [5, 5.41) is 6.93. The molecule has 0 spiro atoms. The summed E-state index contributed by atoms with van der Waals surface area (Å²) in [6.07, 6.45) is 4.40. The normalized spacial score (nSPS) is 25.9. The van der Waals surface area contributed by atoms with Gasteiger partial charge in [0.05, 0.1) is 24.8 Å². The lowest BCUT2D eigenvalue weighted by Gasteiger charge is -2.22. The van der Waals surface area contributed by atoms with Crippen molar-refractivity contribution >= 4 is 17.7 Å². The molecule has 2 aliphatic rings. The van der Waals surface area contributed by atoms with Gasteiger partial charge in [0, 0.05) is 18.1 Å². The second-order valence-electron chi connectivity index (χ2n) is 6.66. The summed E-state index contributed by atoms with van der Waals surface area (Å²) in [7, 11) is 0. The van der Waals surface area contributed by atoms with Crippen molar-refractivity contribution in [3.05, 3.63) is 35.4 Å². The average molecular weight is 348 g/mol. The number of ether oxygens (including phenoxy) is 1. The van der Waals surface area contributed by atoms with E-state index < -0.39 is 0 Å². The van der Waals surface area contributed by atoms with Crippen LogP contribution in [0.15, 0.2) is 29.3 Å². The van der Waals surface area contributed by atoms with Gasteiger partial charge < -0.3 is 15.4 Å². The molecule has 4 nitrogen and oxygen atoms in total. The highest BCUT2D eigenvalue weighted by molar-refractivity contribution is 7.98. The van der Waals surface area contributed by atoms with Gasteiger partial charge in [-0.3, -0.25) is 4.99 Å². The number of thioether (sulfide) groups is 1. The Morgan fingerprint density at radius 1 is 1.29 bits per heavy atom. The zero-order chi connectivity index (χ0) is 16.8. The molecule has 2 heterocycles. The summed E-state index contributed by atoms with van der Waals surface area (Å²) >= 11 is 1.94. The maximum atomic E-state index is 5.91. The monoisotopic (exact) mass is 347 g/mol. The Morgan fingerprint density at radius 2 is 2.12 bits per heavy atom. The first-order valence-electron chi connectivity index (χ1n) is 9.08. The van der Waals surface area contributed by atoms with Crippen molar-refractivity contribution in [2.24, 2.45) is 4.99 Å². The van der Waals surface area contributed by atoms with E-state index in [-0.39, 0.29) is 0 Å². The van der Waals surface area contributed by atoms with Crippen molar-refractivity contribution in [1.82, 2.24) is 10.6 Å². The molecule has 0 aliphatic carbocycles. The Hall–Kier alpha value is -1.20. The lowest BCUT2D eigenvalue weighted by Crippen LogP contribution is -2.47. The maximum absolute atomic E-state index is 5.91. The molecule has 2 bridgehead atoms. The van der Waals surface area contributed by atoms with E-state index >= 15 is 0 Å². The Kier molecular flexibility index (Phi) is 6.44. The number of nitrogens with zero attached hydrogens (tertiary/aromatic N) is 1. The fraction of sp³-hybridized carbons (Fsp3) is 0.632. The molecule has 3 atom stereocenters. The Balaban J connectivity index is 1.39. The van der Waals surface area contributed by atoms with Crippen LogP contribution in [-0.4, -0.2) is 43.1 Å². The molecule has 2 N–H and O–H groups in total. The van der Waals surface area contributed by atoms with Crippen molar-refractivity contribution in [2.45, 2.75) is 57.1 Å². The van der Waals surface area contributed by atoms with Crippen LogP contribution in [-0.2, 0) is 10.5 Å². The molecular weight excluding hydrogens is 318 g/mol. The summed E-state index contributed by atoms with van der Waals surface area (Å²) in [5.74, 6) is 3.03. The number of guanidine groups is 1. The van der Waals surface area contributed by atoms with Crippen LogP contribution in [0.25, 0.3) is 0 Å². The molecule has 5 heteroatoms. The largest absolute Gasteiger partial charge is 0.373 e. The summed E-state index contributed by atoms with van der Waals surface area (Å²) < 4.78 is 5.91. The second kappa shape index (κ2) is 8.77. The van der Waals surface area contributed by atoms with Crippen LogP contribution in [0.1, 0.15) is 37.3 Å². The van der Waals surface area contributed by atoms with E-state index in [0.29, 0.717) is 18.2 Å². The van der Waals surface area contributed by atoms with Gasteiger partial charge in [-0.1, -0.05) is 29.8 Å². The maximum Gasteiger partial charge on any atom is 0.191 e. The third-order valence-corrected chi connectivity index (χ3v) is 5.68. The van der Waals surface area contributed by atoms with Gasteiger partial charge in [0.25, 0.3) is 0 Å². The van der Waals surface area contributed by atoms with Crippen LogP contribution in [0.2, 0.25) is 0 Å². The van der Waals surface area contributed by atoms with E-state index in [0.717, 1.165) is 37.0 Å². The SMILES string of the molecule is CCNC(=NCCSCc1ccc(C)cc1)NC1CC2CCC1O2. The number of hydrogen-bond acceptors (Lipinski definition) is 3. The molecule has 0 saturated carbocycles. The van der Waals surface area contributed by atoms with E-state index in [1.54, 1.807) is 0 Å². The topological polar surface area (TPSA) is 45.7 Å². The minimum absolute atomic E-state index is 0.384. The highest BCUT2D eigenvalue weighted by Crippen LogP contribution is 2.34. The summed E-state index contributed by atoms with van der Waals surface area (Å²) in [4.78, 5) is 4.72. The number of aliphatic imine (C=N–C) groups is 1. The molecule has 1 aromatic rings. The van der Waals surface area contributed by atoms with E-state index in [2.05, 4.69) is 48.7 Å². The van der Waals surface area contributed by atoms with Crippen LogP contribution < -0.4 is 10.6 Å². The van der Waals surface area contributed by atoms with Gasteiger partial charge >= 0.3 is 0 Å². The predicted octanol–water partition coefficient (Wildman–Crippen LogP) is 3.10. The first-order chi connectivity index (χ1) is 11.7. The number of aryl methyl sites for hydroxylation is 1. The molecule has 24 heavy (non-hydrogen) atoms. The third-order valence-electron chi connectivity index (χ3n) is 4.67. The molecule has 3 rings (SSSR count).